The van der Waals surface area contributed by atoms with Gasteiger partial charge in [-0.2, -0.15) is 0 Å². The second kappa shape index (κ2) is 9.05. The Balaban J connectivity index is 1.51. The van der Waals surface area contributed by atoms with Crippen molar-refractivity contribution in [3.05, 3.63) is 69.5 Å². The Labute approximate surface area is 169 Å². The first-order chi connectivity index (χ1) is 12.9. The zero-order valence-corrected chi connectivity index (χ0v) is 16.7. The summed E-state index contributed by atoms with van der Waals surface area (Å²) in [7, 11) is 0. The van der Waals surface area contributed by atoms with Gasteiger partial charge in [-0.25, -0.2) is 4.39 Å². The van der Waals surface area contributed by atoms with Gasteiger partial charge in [-0.3, -0.25) is 9.69 Å². The fourth-order valence-electron chi connectivity index (χ4n) is 3.43. The number of rotatable bonds is 5. The van der Waals surface area contributed by atoms with Crippen LogP contribution in [0.15, 0.2) is 42.5 Å². The molecule has 2 aromatic rings. The van der Waals surface area contributed by atoms with Gasteiger partial charge in [-0.1, -0.05) is 41.4 Å². The standard InChI is InChI=1S/C21H23Cl2FN2O/c1-14(15-5-7-17(24)8-6-15)25-21(27)16-9-11-26(12-10-16)13-18-19(22)3-2-4-20(18)23/h2-8,14,16H,9-13H2,1H3,(H,25,27). The van der Waals surface area contributed by atoms with Crippen molar-refractivity contribution < 1.29 is 9.18 Å². The van der Waals surface area contributed by atoms with Crippen LogP contribution in [0.5, 0.6) is 0 Å². The van der Waals surface area contributed by atoms with Crippen LogP contribution in [0.3, 0.4) is 0 Å². The van der Waals surface area contributed by atoms with Crippen LogP contribution >= 0.6 is 23.2 Å². The molecule has 1 atom stereocenters. The Morgan fingerprint density at radius 3 is 2.33 bits per heavy atom. The summed E-state index contributed by atoms with van der Waals surface area (Å²) in [5, 5.41) is 4.40. The SMILES string of the molecule is CC(NC(=O)C1CCN(Cc2c(Cl)cccc2Cl)CC1)c1ccc(F)cc1. The summed E-state index contributed by atoms with van der Waals surface area (Å²) < 4.78 is 13.0. The second-order valence-electron chi connectivity index (χ2n) is 7.03. The second-order valence-corrected chi connectivity index (χ2v) is 7.85. The van der Waals surface area contributed by atoms with E-state index in [4.69, 9.17) is 23.2 Å². The summed E-state index contributed by atoms with van der Waals surface area (Å²) in [4.78, 5) is 14.9. The van der Waals surface area contributed by atoms with Gasteiger partial charge in [0.2, 0.25) is 5.91 Å². The molecule has 1 unspecified atom stereocenters. The molecular weight excluding hydrogens is 386 g/mol. The highest BCUT2D eigenvalue weighted by atomic mass is 35.5. The van der Waals surface area contributed by atoms with E-state index in [1.54, 1.807) is 12.1 Å². The number of carbonyl (C=O) groups is 1. The van der Waals surface area contributed by atoms with Gasteiger partial charge in [-0.05, 0) is 62.7 Å². The van der Waals surface area contributed by atoms with Crippen LogP contribution in [0, 0.1) is 11.7 Å². The number of piperidine rings is 1. The Bertz CT molecular complexity index is 769. The van der Waals surface area contributed by atoms with Crippen LogP contribution in [-0.4, -0.2) is 23.9 Å². The summed E-state index contributed by atoms with van der Waals surface area (Å²) >= 11 is 12.5. The lowest BCUT2D eigenvalue weighted by Crippen LogP contribution is -2.41. The maximum absolute atomic E-state index is 13.0. The number of nitrogens with one attached hydrogen (secondary N) is 1. The van der Waals surface area contributed by atoms with Gasteiger partial charge in [-0.15, -0.1) is 0 Å². The molecule has 0 radical (unpaired) electrons. The molecule has 1 saturated heterocycles. The largest absolute Gasteiger partial charge is 0.349 e. The molecule has 2 aromatic carbocycles. The number of hydrogen-bond acceptors (Lipinski definition) is 2. The van der Waals surface area contributed by atoms with E-state index in [-0.39, 0.29) is 23.7 Å². The quantitative estimate of drug-likeness (QED) is 0.734. The van der Waals surface area contributed by atoms with Crippen LogP contribution in [0.1, 0.15) is 36.9 Å². The molecule has 1 heterocycles. The van der Waals surface area contributed by atoms with Crippen molar-refractivity contribution in [2.24, 2.45) is 5.92 Å². The van der Waals surface area contributed by atoms with Crippen molar-refractivity contribution in [2.45, 2.75) is 32.4 Å². The molecule has 0 spiro atoms. The smallest absolute Gasteiger partial charge is 0.223 e. The van der Waals surface area contributed by atoms with E-state index in [1.165, 1.54) is 12.1 Å². The maximum Gasteiger partial charge on any atom is 0.223 e. The summed E-state index contributed by atoms with van der Waals surface area (Å²) in [6.45, 7) is 4.26. The molecule has 1 aliphatic rings. The molecule has 1 aliphatic heterocycles. The molecule has 0 saturated carbocycles. The minimum atomic E-state index is -0.275. The summed E-state index contributed by atoms with van der Waals surface area (Å²) in [6, 6.07) is 11.6. The Morgan fingerprint density at radius 2 is 1.74 bits per heavy atom. The average molecular weight is 409 g/mol. The normalized spacial score (nSPS) is 16.9. The third-order valence-corrected chi connectivity index (χ3v) is 5.84. The van der Waals surface area contributed by atoms with Crippen LogP contribution in [0.2, 0.25) is 10.0 Å². The van der Waals surface area contributed by atoms with Gasteiger partial charge in [0.15, 0.2) is 0 Å². The molecule has 27 heavy (non-hydrogen) atoms. The molecule has 1 fully saturated rings. The van der Waals surface area contributed by atoms with Gasteiger partial charge >= 0.3 is 0 Å². The molecule has 1 amide bonds. The Kier molecular flexibility index (Phi) is 6.74. The number of carbonyl (C=O) groups excluding carboxylic acids is 1. The van der Waals surface area contributed by atoms with Gasteiger partial charge < -0.3 is 5.32 Å². The first-order valence-electron chi connectivity index (χ1n) is 9.15. The highest BCUT2D eigenvalue weighted by Crippen LogP contribution is 2.28. The minimum Gasteiger partial charge on any atom is -0.349 e. The third kappa shape index (κ3) is 5.22. The zero-order chi connectivity index (χ0) is 19.4. The number of amides is 1. The van der Waals surface area contributed by atoms with Crippen LogP contribution < -0.4 is 5.32 Å². The van der Waals surface area contributed by atoms with Crippen molar-refractivity contribution in [2.75, 3.05) is 13.1 Å². The number of nitrogens with zero attached hydrogens (tertiary/aromatic N) is 1. The average Bonchev–Trinajstić information content (AvgIpc) is 2.66. The molecule has 0 bridgehead atoms. The third-order valence-electron chi connectivity index (χ3n) is 5.13. The zero-order valence-electron chi connectivity index (χ0n) is 15.2. The first kappa shape index (κ1) is 20.1. The fourth-order valence-corrected chi connectivity index (χ4v) is 3.94. The number of hydrogen-bond donors (Lipinski definition) is 1. The van der Waals surface area contributed by atoms with E-state index in [0.29, 0.717) is 16.6 Å². The van der Waals surface area contributed by atoms with Crippen LogP contribution in [0.4, 0.5) is 4.39 Å². The van der Waals surface area contributed by atoms with Crippen molar-refractivity contribution in [1.82, 2.24) is 10.2 Å². The van der Waals surface area contributed by atoms with Gasteiger partial charge in [0.25, 0.3) is 0 Å². The molecule has 3 rings (SSSR count). The molecule has 1 N–H and O–H groups in total. The van der Waals surface area contributed by atoms with Crippen molar-refractivity contribution >= 4 is 29.1 Å². The van der Waals surface area contributed by atoms with E-state index in [2.05, 4.69) is 10.2 Å². The summed E-state index contributed by atoms with van der Waals surface area (Å²) in [5.74, 6) is -0.226. The first-order valence-corrected chi connectivity index (χ1v) is 9.90. The Morgan fingerprint density at radius 1 is 1.15 bits per heavy atom. The van der Waals surface area contributed by atoms with E-state index in [9.17, 15) is 9.18 Å². The molecule has 6 heteroatoms. The highest BCUT2D eigenvalue weighted by Gasteiger charge is 2.26. The monoisotopic (exact) mass is 408 g/mol. The van der Waals surface area contributed by atoms with Crippen molar-refractivity contribution in [3.8, 4) is 0 Å². The number of likely N-dealkylation sites (tertiary alicyclic amines) is 1. The van der Waals surface area contributed by atoms with Gasteiger partial charge in [0, 0.05) is 28.1 Å². The van der Waals surface area contributed by atoms with Crippen LogP contribution in [0.25, 0.3) is 0 Å². The number of halogens is 3. The lowest BCUT2D eigenvalue weighted by molar-refractivity contribution is -0.127. The van der Waals surface area contributed by atoms with E-state index < -0.39 is 0 Å². The van der Waals surface area contributed by atoms with Crippen molar-refractivity contribution in [1.29, 1.82) is 0 Å². The molecule has 0 aromatic heterocycles. The van der Waals surface area contributed by atoms with Gasteiger partial charge in [0.05, 0.1) is 6.04 Å². The maximum atomic E-state index is 13.0. The number of benzene rings is 2. The highest BCUT2D eigenvalue weighted by molar-refractivity contribution is 6.35. The lowest BCUT2D eigenvalue weighted by atomic mass is 9.95. The topological polar surface area (TPSA) is 32.3 Å². The lowest BCUT2D eigenvalue weighted by Gasteiger charge is -2.32. The summed E-state index contributed by atoms with van der Waals surface area (Å²) in [6.07, 6.45) is 1.59. The van der Waals surface area contributed by atoms with E-state index >= 15 is 0 Å². The summed E-state index contributed by atoms with van der Waals surface area (Å²) in [5.41, 5.74) is 1.84. The molecule has 144 valence electrons. The minimum absolute atomic E-state index is 0.00846. The predicted octanol–water partition coefficient (Wildman–Crippen LogP) is 5.22. The molecule has 3 nitrogen and oxygen atoms in total. The van der Waals surface area contributed by atoms with E-state index in [1.807, 2.05) is 25.1 Å². The predicted molar refractivity (Wildman–Crippen MR) is 107 cm³/mol. The molecule has 0 aliphatic carbocycles. The van der Waals surface area contributed by atoms with Gasteiger partial charge in [0.1, 0.15) is 5.82 Å². The fraction of sp³-hybridized carbons (Fsp3) is 0.381. The van der Waals surface area contributed by atoms with Crippen LogP contribution in [-0.2, 0) is 11.3 Å². The molecular formula is C21H23Cl2FN2O. The Hall–Kier alpha value is -1.62. The van der Waals surface area contributed by atoms with E-state index in [0.717, 1.165) is 37.1 Å². The van der Waals surface area contributed by atoms with Crippen molar-refractivity contribution in [3.63, 3.8) is 0 Å².